The second kappa shape index (κ2) is 13.5. The Bertz CT molecular complexity index is 1040. The normalized spacial score (nSPS) is 10.5. The van der Waals surface area contributed by atoms with E-state index in [0.717, 1.165) is 42.7 Å². The summed E-state index contributed by atoms with van der Waals surface area (Å²) in [6.07, 6.45) is 9.65. The van der Waals surface area contributed by atoms with E-state index in [-0.39, 0.29) is 5.82 Å². The summed E-state index contributed by atoms with van der Waals surface area (Å²) in [5.74, 6) is 6.79. The van der Waals surface area contributed by atoms with Gasteiger partial charge in [0.25, 0.3) is 0 Å². The van der Waals surface area contributed by atoms with Gasteiger partial charge in [0.1, 0.15) is 11.6 Å². The van der Waals surface area contributed by atoms with E-state index in [1.165, 1.54) is 43.7 Å². The van der Waals surface area contributed by atoms with Gasteiger partial charge < -0.3 is 4.74 Å². The Morgan fingerprint density at radius 2 is 1.36 bits per heavy atom. The van der Waals surface area contributed by atoms with E-state index >= 15 is 0 Å². The summed E-state index contributed by atoms with van der Waals surface area (Å²) in [5.41, 5.74) is 4.39. The van der Waals surface area contributed by atoms with E-state index < -0.39 is 0 Å². The topological polar surface area (TPSA) is 9.23 Å². The molecule has 0 fully saturated rings. The summed E-state index contributed by atoms with van der Waals surface area (Å²) in [5, 5.41) is 0. The van der Waals surface area contributed by atoms with Crippen molar-refractivity contribution in [3.05, 3.63) is 89.2 Å². The number of unbranched alkanes of at least 4 members (excludes halogenated alkanes) is 5. The lowest BCUT2D eigenvalue weighted by atomic mass is 9.99. The summed E-state index contributed by atoms with van der Waals surface area (Å²) in [7, 11) is 0. The Balaban J connectivity index is 1.59. The first kappa shape index (κ1) is 24.6. The van der Waals surface area contributed by atoms with Gasteiger partial charge in [-0.1, -0.05) is 88.1 Å². The zero-order valence-electron chi connectivity index (χ0n) is 20.0. The number of rotatable bonds is 11. The Morgan fingerprint density at radius 3 is 2.06 bits per heavy atom. The molecule has 0 spiro atoms. The maximum atomic E-state index is 14.8. The fourth-order valence-electron chi connectivity index (χ4n) is 3.72. The van der Waals surface area contributed by atoms with Crippen LogP contribution >= 0.6 is 0 Å². The SMILES string of the molecule is CCCCCCCc1ccc(-c2ccc(C#Cc3ccc(OCCCC)cc3)cc2F)cc1. The molecule has 3 rings (SSSR count). The van der Waals surface area contributed by atoms with Crippen LogP contribution in [0.4, 0.5) is 4.39 Å². The molecule has 0 atom stereocenters. The first-order chi connectivity index (χ1) is 16.2. The number of hydrogen-bond acceptors (Lipinski definition) is 1. The van der Waals surface area contributed by atoms with Gasteiger partial charge >= 0.3 is 0 Å². The molecule has 2 heteroatoms. The Hall–Kier alpha value is -3.05. The van der Waals surface area contributed by atoms with Gasteiger partial charge in [0.05, 0.1) is 6.61 Å². The molecule has 0 bridgehead atoms. The molecular formula is C31H35FO. The van der Waals surface area contributed by atoms with E-state index in [0.29, 0.717) is 11.1 Å². The maximum Gasteiger partial charge on any atom is 0.132 e. The number of hydrogen-bond donors (Lipinski definition) is 0. The van der Waals surface area contributed by atoms with Gasteiger partial charge in [-0.2, -0.15) is 0 Å². The van der Waals surface area contributed by atoms with Gasteiger partial charge in [-0.3, -0.25) is 0 Å². The van der Waals surface area contributed by atoms with E-state index in [1.807, 2.05) is 48.5 Å². The van der Waals surface area contributed by atoms with Crippen molar-refractivity contribution in [3.63, 3.8) is 0 Å². The molecule has 0 saturated carbocycles. The van der Waals surface area contributed by atoms with Gasteiger partial charge in [0.15, 0.2) is 0 Å². The molecule has 3 aromatic carbocycles. The van der Waals surface area contributed by atoms with E-state index in [2.05, 4.69) is 37.8 Å². The number of aryl methyl sites for hydroxylation is 1. The van der Waals surface area contributed by atoms with Crippen LogP contribution in [0.15, 0.2) is 66.7 Å². The van der Waals surface area contributed by atoms with Gasteiger partial charge in [0.2, 0.25) is 0 Å². The lowest BCUT2D eigenvalue weighted by Crippen LogP contribution is -1.95. The van der Waals surface area contributed by atoms with Crippen LogP contribution in [-0.4, -0.2) is 6.61 Å². The van der Waals surface area contributed by atoms with E-state index in [9.17, 15) is 4.39 Å². The molecule has 0 aliphatic rings. The zero-order chi connectivity index (χ0) is 23.3. The third-order valence-electron chi connectivity index (χ3n) is 5.78. The summed E-state index contributed by atoms with van der Waals surface area (Å²) in [6, 6.07) is 21.2. The van der Waals surface area contributed by atoms with Crippen LogP contribution in [-0.2, 0) is 6.42 Å². The Labute approximate surface area is 199 Å². The summed E-state index contributed by atoms with van der Waals surface area (Å²) in [6.45, 7) is 5.11. The fourth-order valence-corrected chi connectivity index (χ4v) is 3.72. The van der Waals surface area contributed by atoms with Crippen molar-refractivity contribution in [3.8, 4) is 28.7 Å². The lowest BCUT2D eigenvalue weighted by molar-refractivity contribution is 0.309. The molecule has 0 amide bonds. The molecule has 0 saturated heterocycles. The number of ether oxygens (including phenoxy) is 1. The standard InChI is InChI=1S/C31H35FO/c1-3-5-7-8-9-10-25-13-18-28(19-14-25)30-22-17-27(24-31(30)32)12-11-26-15-20-29(21-16-26)33-23-6-4-2/h13-22,24H,3-10,23H2,1-2H3. The molecule has 0 unspecified atom stereocenters. The van der Waals surface area contributed by atoms with Crippen molar-refractivity contribution < 1.29 is 9.13 Å². The minimum absolute atomic E-state index is 0.242. The van der Waals surface area contributed by atoms with Gasteiger partial charge in [0, 0.05) is 16.7 Å². The smallest absolute Gasteiger partial charge is 0.132 e. The highest BCUT2D eigenvalue weighted by Crippen LogP contribution is 2.24. The molecular weight excluding hydrogens is 407 g/mol. The summed E-state index contributed by atoms with van der Waals surface area (Å²) >= 11 is 0. The fraction of sp³-hybridized carbons (Fsp3) is 0.355. The van der Waals surface area contributed by atoms with Crippen molar-refractivity contribution in [2.75, 3.05) is 6.61 Å². The van der Waals surface area contributed by atoms with Crippen molar-refractivity contribution >= 4 is 0 Å². The largest absolute Gasteiger partial charge is 0.494 e. The van der Waals surface area contributed by atoms with Crippen molar-refractivity contribution in [2.45, 2.75) is 65.2 Å². The third kappa shape index (κ3) is 8.10. The first-order valence-corrected chi connectivity index (χ1v) is 12.3. The van der Waals surface area contributed by atoms with Crippen LogP contribution in [0.3, 0.4) is 0 Å². The monoisotopic (exact) mass is 442 g/mol. The molecule has 3 aromatic rings. The Morgan fingerprint density at radius 1 is 0.697 bits per heavy atom. The lowest BCUT2D eigenvalue weighted by Gasteiger charge is -2.07. The van der Waals surface area contributed by atoms with Crippen LogP contribution in [0.5, 0.6) is 5.75 Å². The van der Waals surface area contributed by atoms with E-state index in [4.69, 9.17) is 4.74 Å². The van der Waals surface area contributed by atoms with Crippen molar-refractivity contribution in [1.29, 1.82) is 0 Å². The maximum absolute atomic E-state index is 14.8. The molecule has 0 aliphatic heterocycles. The Kier molecular flexibility index (Phi) is 10.0. The average Bonchev–Trinajstić information content (AvgIpc) is 2.84. The van der Waals surface area contributed by atoms with Crippen LogP contribution in [0.25, 0.3) is 11.1 Å². The third-order valence-corrected chi connectivity index (χ3v) is 5.78. The molecule has 0 radical (unpaired) electrons. The number of halogens is 1. The van der Waals surface area contributed by atoms with E-state index in [1.54, 1.807) is 0 Å². The number of benzene rings is 3. The molecule has 0 heterocycles. The average molecular weight is 443 g/mol. The van der Waals surface area contributed by atoms with Crippen LogP contribution in [0, 0.1) is 17.7 Å². The predicted octanol–water partition coefficient (Wildman–Crippen LogP) is 8.58. The molecule has 33 heavy (non-hydrogen) atoms. The molecule has 0 aliphatic carbocycles. The zero-order valence-corrected chi connectivity index (χ0v) is 20.0. The summed E-state index contributed by atoms with van der Waals surface area (Å²) < 4.78 is 20.5. The second-order valence-corrected chi connectivity index (χ2v) is 8.53. The predicted molar refractivity (Wildman–Crippen MR) is 137 cm³/mol. The van der Waals surface area contributed by atoms with Crippen molar-refractivity contribution in [2.24, 2.45) is 0 Å². The van der Waals surface area contributed by atoms with Gasteiger partial charge in [-0.25, -0.2) is 4.39 Å². The van der Waals surface area contributed by atoms with Crippen LogP contribution in [0.2, 0.25) is 0 Å². The van der Waals surface area contributed by atoms with Gasteiger partial charge in [-0.15, -0.1) is 0 Å². The van der Waals surface area contributed by atoms with Crippen LogP contribution in [0.1, 0.15) is 75.5 Å². The highest BCUT2D eigenvalue weighted by molar-refractivity contribution is 5.65. The molecule has 172 valence electrons. The van der Waals surface area contributed by atoms with Crippen LogP contribution < -0.4 is 4.74 Å². The highest BCUT2D eigenvalue weighted by atomic mass is 19.1. The molecule has 0 aromatic heterocycles. The summed E-state index contributed by atoms with van der Waals surface area (Å²) in [4.78, 5) is 0. The first-order valence-electron chi connectivity index (χ1n) is 12.3. The molecule has 0 N–H and O–H groups in total. The minimum Gasteiger partial charge on any atom is -0.494 e. The second-order valence-electron chi connectivity index (χ2n) is 8.53. The quantitative estimate of drug-likeness (QED) is 0.213. The van der Waals surface area contributed by atoms with Gasteiger partial charge in [-0.05, 0) is 66.8 Å². The minimum atomic E-state index is -0.242. The van der Waals surface area contributed by atoms with Crippen molar-refractivity contribution in [1.82, 2.24) is 0 Å². The highest BCUT2D eigenvalue weighted by Gasteiger charge is 2.06. The molecule has 1 nitrogen and oxygen atoms in total.